The minimum absolute atomic E-state index is 0.161. The number of hydrogen-bond acceptors (Lipinski definition) is 3. The van der Waals surface area contributed by atoms with Gasteiger partial charge in [0.25, 0.3) is 5.91 Å². The van der Waals surface area contributed by atoms with Gasteiger partial charge in [-0.05, 0) is 53.2 Å². The van der Waals surface area contributed by atoms with Gasteiger partial charge in [-0.3, -0.25) is 4.79 Å². The molecule has 1 aromatic heterocycles. The van der Waals surface area contributed by atoms with Crippen molar-refractivity contribution in [3.63, 3.8) is 0 Å². The third-order valence-electron chi connectivity index (χ3n) is 2.60. The Morgan fingerprint density at radius 2 is 2.00 bits per heavy atom. The highest BCUT2D eigenvalue weighted by Gasteiger charge is 2.14. The standard InChI is InChI=1S/C14H12BrCl2N3O/c1-2-18-12-6-5-10(16)13(20-12)14(21)19-8-3-4-9(15)11(17)7-8/h3-7H,2H2,1H3,(H,18,20)(H,19,21). The van der Waals surface area contributed by atoms with Gasteiger partial charge in [0.1, 0.15) is 11.5 Å². The first-order valence-corrected chi connectivity index (χ1v) is 7.73. The van der Waals surface area contributed by atoms with Crippen molar-refractivity contribution in [3.8, 4) is 0 Å². The zero-order valence-corrected chi connectivity index (χ0v) is 14.2. The van der Waals surface area contributed by atoms with E-state index >= 15 is 0 Å². The predicted octanol–water partition coefficient (Wildman–Crippen LogP) is 4.84. The van der Waals surface area contributed by atoms with Crippen LogP contribution in [0.5, 0.6) is 0 Å². The Morgan fingerprint density at radius 3 is 2.67 bits per heavy atom. The summed E-state index contributed by atoms with van der Waals surface area (Å²) in [6.07, 6.45) is 0. The molecule has 0 spiro atoms. The van der Waals surface area contributed by atoms with Gasteiger partial charge in [-0.1, -0.05) is 23.2 Å². The van der Waals surface area contributed by atoms with Crippen LogP contribution in [0.25, 0.3) is 0 Å². The molecule has 110 valence electrons. The lowest BCUT2D eigenvalue weighted by molar-refractivity contribution is 0.102. The van der Waals surface area contributed by atoms with Crippen molar-refractivity contribution in [1.82, 2.24) is 4.98 Å². The van der Waals surface area contributed by atoms with Crippen LogP contribution in [0.2, 0.25) is 10.0 Å². The first-order valence-electron chi connectivity index (χ1n) is 6.18. The Bertz CT molecular complexity index is 679. The van der Waals surface area contributed by atoms with E-state index in [1.54, 1.807) is 30.3 Å². The second-order valence-electron chi connectivity index (χ2n) is 4.14. The molecular weight excluding hydrogens is 377 g/mol. The summed E-state index contributed by atoms with van der Waals surface area (Å²) >= 11 is 15.3. The molecule has 0 aliphatic carbocycles. The van der Waals surface area contributed by atoms with Crippen LogP contribution in [-0.4, -0.2) is 17.4 Å². The van der Waals surface area contributed by atoms with Crippen LogP contribution in [0.4, 0.5) is 11.5 Å². The Kier molecular flexibility index (Phi) is 5.45. The highest BCUT2D eigenvalue weighted by Crippen LogP contribution is 2.26. The number of pyridine rings is 1. The van der Waals surface area contributed by atoms with E-state index in [4.69, 9.17) is 23.2 Å². The number of carbonyl (C=O) groups is 1. The molecule has 0 unspecified atom stereocenters. The Hall–Kier alpha value is -1.30. The van der Waals surface area contributed by atoms with E-state index in [-0.39, 0.29) is 10.7 Å². The summed E-state index contributed by atoms with van der Waals surface area (Å²) in [6, 6.07) is 8.48. The fourth-order valence-corrected chi connectivity index (χ4v) is 2.26. The summed E-state index contributed by atoms with van der Waals surface area (Å²) in [5.41, 5.74) is 0.731. The summed E-state index contributed by atoms with van der Waals surface area (Å²) < 4.78 is 0.757. The molecule has 1 aromatic carbocycles. The number of nitrogens with one attached hydrogen (secondary N) is 2. The van der Waals surface area contributed by atoms with Crippen molar-refractivity contribution in [3.05, 3.63) is 50.5 Å². The monoisotopic (exact) mass is 387 g/mol. The number of amides is 1. The van der Waals surface area contributed by atoms with Crippen LogP contribution in [-0.2, 0) is 0 Å². The molecule has 0 saturated carbocycles. The van der Waals surface area contributed by atoms with Crippen LogP contribution < -0.4 is 10.6 Å². The lowest BCUT2D eigenvalue weighted by atomic mass is 10.3. The quantitative estimate of drug-likeness (QED) is 0.788. The number of aromatic nitrogens is 1. The molecule has 0 aliphatic rings. The molecule has 0 bridgehead atoms. The Morgan fingerprint density at radius 1 is 1.24 bits per heavy atom. The third-order valence-corrected chi connectivity index (χ3v) is 4.13. The van der Waals surface area contributed by atoms with Crippen LogP contribution >= 0.6 is 39.1 Å². The molecule has 0 atom stereocenters. The van der Waals surface area contributed by atoms with Gasteiger partial charge in [0, 0.05) is 16.7 Å². The first-order chi connectivity index (χ1) is 10.0. The van der Waals surface area contributed by atoms with E-state index in [2.05, 4.69) is 31.5 Å². The molecule has 2 N–H and O–H groups in total. The van der Waals surface area contributed by atoms with Gasteiger partial charge in [0.2, 0.25) is 0 Å². The van der Waals surface area contributed by atoms with Crippen molar-refractivity contribution in [2.75, 3.05) is 17.2 Å². The molecule has 0 saturated heterocycles. The number of benzene rings is 1. The van der Waals surface area contributed by atoms with E-state index < -0.39 is 5.91 Å². The fraction of sp³-hybridized carbons (Fsp3) is 0.143. The van der Waals surface area contributed by atoms with E-state index in [1.165, 1.54) is 0 Å². The molecule has 4 nitrogen and oxygen atoms in total. The number of carbonyl (C=O) groups excluding carboxylic acids is 1. The van der Waals surface area contributed by atoms with E-state index in [9.17, 15) is 4.79 Å². The van der Waals surface area contributed by atoms with Crippen LogP contribution in [0.1, 0.15) is 17.4 Å². The zero-order chi connectivity index (χ0) is 15.4. The topological polar surface area (TPSA) is 54.0 Å². The molecule has 2 rings (SSSR count). The highest BCUT2D eigenvalue weighted by atomic mass is 79.9. The minimum atomic E-state index is -0.391. The molecule has 21 heavy (non-hydrogen) atoms. The van der Waals surface area contributed by atoms with Crippen molar-refractivity contribution in [2.24, 2.45) is 0 Å². The first kappa shape index (κ1) is 16.1. The second kappa shape index (κ2) is 7.11. The van der Waals surface area contributed by atoms with Crippen molar-refractivity contribution in [2.45, 2.75) is 6.92 Å². The number of halogens is 3. The summed E-state index contributed by atoms with van der Waals surface area (Å²) in [5.74, 6) is 0.207. The van der Waals surface area contributed by atoms with Crippen molar-refractivity contribution < 1.29 is 4.79 Å². The molecule has 1 heterocycles. The fourth-order valence-electron chi connectivity index (χ4n) is 1.65. The van der Waals surface area contributed by atoms with Crippen LogP contribution in [0, 0.1) is 0 Å². The van der Waals surface area contributed by atoms with E-state index in [0.29, 0.717) is 23.1 Å². The molecule has 7 heteroatoms. The van der Waals surface area contributed by atoms with E-state index in [0.717, 1.165) is 4.47 Å². The predicted molar refractivity (Wildman–Crippen MR) is 90.5 cm³/mol. The normalized spacial score (nSPS) is 10.3. The smallest absolute Gasteiger partial charge is 0.275 e. The second-order valence-corrected chi connectivity index (χ2v) is 5.81. The minimum Gasteiger partial charge on any atom is -0.370 e. The van der Waals surface area contributed by atoms with Gasteiger partial charge in [0.05, 0.1) is 10.0 Å². The van der Waals surface area contributed by atoms with Gasteiger partial charge in [-0.15, -0.1) is 0 Å². The maximum absolute atomic E-state index is 12.2. The Labute approximate surface area is 141 Å². The largest absolute Gasteiger partial charge is 0.370 e. The summed E-state index contributed by atoms with van der Waals surface area (Å²) in [7, 11) is 0. The number of nitrogens with zero attached hydrogens (tertiary/aromatic N) is 1. The molecule has 1 amide bonds. The molecule has 0 radical (unpaired) electrons. The maximum Gasteiger partial charge on any atom is 0.275 e. The van der Waals surface area contributed by atoms with Gasteiger partial charge < -0.3 is 10.6 Å². The molecule has 2 aromatic rings. The molecular formula is C14H12BrCl2N3O. The van der Waals surface area contributed by atoms with Crippen molar-refractivity contribution in [1.29, 1.82) is 0 Å². The SMILES string of the molecule is CCNc1ccc(Cl)c(C(=O)Nc2ccc(Br)c(Cl)c2)n1. The number of rotatable bonds is 4. The number of anilines is 2. The van der Waals surface area contributed by atoms with Gasteiger partial charge in [-0.2, -0.15) is 0 Å². The lowest BCUT2D eigenvalue weighted by Gasteiger charge is -2.09. The average molecular weight is 389 g/mol. The third kappa shape index (κ3) is 4.09. The summed E-state index contributed by atoms with van der Waals surface area (Å²) in [4.78, 5) is 16.4. The summed E-state index contributed by atoms with van der Waals surface area (Å²) in [5, 5.41) is 6.55. The van der Waals surface area contributed by atoms with Crippen molar-refractivity contribution >= 4 is 56.5 Å². The van der Waals surface area contributed by atoms with Gasteiger partial charge in [-0.25, -0.2) is 4.98 Å². The Balaban J connectivity index is 2.23. The molecule has 0 aliphatic heterocycles. The lowest BCUT2D eigenvalue weighted by Crippen LogP contribution is -2.15. The molecule has 0 fully saturated rings. The summed E-state index contributed by atoms with van der Waals surface area (Å²) in [6.45, 7) is 2.65. The van der Waals surface area contributed by atoms with Crippen LogP contribution in [0.15, 0.2) is 34.8 Å². The highest BCUT2D eigenvalue weighted by molar-refractivity contribution is 9.10. The maximum atomic E-state index is 12.2. The van der Waals surface area contributed by atoms with Gasteiger partial charge >= 0.3 is 0 Å². The zero-order valence-electron chi connectivity index (χ0n) is 11.1. The average Bonchev–Trinajstić information content (AvgIpc) is 2.45. The number of hydrogen-bond donors (Lipinski definition) is 2. The van der Waals surface area contributed by atoms with E-state index in [1.807, 2.05) is 6.92 Å². The van der Waals surface area contributed by atoms with Crippen LogP contribution in [0.3, 0.4) is 0 Å². The van der Waals surface area contributed by atoms with Gasteiger partial charge in [0.15, 0.2) is 0 Å².